The van der Waals surface area contributed by atoms with Crippen molar-refractivity contribution in [1.82, 2.24) is 6.15 Å². The SMILES string of the molecule is N.NC1CCO[PH](=O)O[PH](=O)O1. The lowest BCUT2D eigenvalue weighted by atomic mass is 10.4. The Balaban J connectivity index is 0.00000121. The van der Waals surface area contributed by atoms with E-state index in [1.54, 1.807) is 0 Å². The van der Waals surface area contributed by atoms with Crippen LogP contribution in [0.4, 0.5) is 0 Å². The monoisotopic (exact) mass is 218 g/mol. The van der Waals surface area contributed by atoms with Gasteiger partial charge < -0.3 is 16.4 Å². The highest BCUT2D eigenvalue weighted by atomic mass is 31.2. The third kappa shape index (κ3) is 4.33. The summed E-state index contributed by atoms with van der Waals surface area (Å²) in [5.74, 6) is 0. The summed E-state index contributed by atoms with van der Waals surface area (Å²) >= 11 is 0. The van der Waals surface area contributed by atoms with Crippen molar-refractivity contribution in [2.75, 3.05) is 6.61 Å². The largest absolute Gasteiger partial charge is 0.344 e. The van der Waals surface area contributed by atoms with E-state index in [1.807, 2.05) is 0 Å². The van der Waals surface area contributed by atoms with Gasteiger partial charge in [0.2, 0.25) is 0 Å². The normalized spacial score (nSPS) is 37.6. The molecule has 0 saturated carbocycles. The summed E-state index contributed by atoms with van der Waals surface area (Å²) < 4.78 is 34.8. The number of hydrogen-bond donors (Lipinski definition) is 2. The summed E-state index contributed by atoms with van der Waals surface area (Å²) in [7, 11) is -5.34. The highest BCUT2D eigenvalue weighted by molar-refractivity contribution is 7.47. The molecule has 0 aliphatic carbocycles. The lowest BCUT2D eigenvalue weighted by Gasteiger charge is -2.15. The minimum Gasteiger partial charge on any atom is -0.344 e. The third-order valence-corrected chi connectivity index (χ3v) is 3.30. The molecule has 3 atom stereocenters. The molecule has 5 N–H and O–H groups in total. The van der Waals surface area contributed by atoms with Crippen LogP contribution in [0.3, 0.4) is 0 Å². The fraction of sp³-hybridized carbons (Fsp3) is 1.00. The summed E-state index contributed by atoms with van der Waals surface area (Å²) in [6, 6.07) is 0. The lowest BCUT2D eigenvalue weighted by molar-refractivity contribution is 0.140. The van der Waals surface area contributed by atoms with Gasteiger partial charge in [0.1, 0.15) is 6.23 Å². The molecule has 12 heavy (non-hydrogen) atoms. The van der Waals surface area contributed by atoms with Crippen LogP contribution in [0.5, 0.6) is 0 Å². The van der Waals surface area contributed by atoms with E-state index in [2.05, 4.69) is 13.4 Å². The standard InChI is InChI=1S/C3H9NO5P2.H3N/c4-3-1-2-7-10(5)9-11(6)8-3;/h3,10-11H,1-2,4H2;1H3. The Kier molecular flexibility index (Phi) is 5.96. The van der Waals surface area contributed by atoms with Crippen LogP contribution in [0.1, 0.15) is 6.42 Å². The van der Waals surface area contributed by atoms with Crippen LogP contribution in [0.15, 0.2) is 0 Å². The number of hydrogen-bond acceptors (Lipinski definition) is 7. The zero-order valence-electron chi connectivity index (χ0n) is 6.32. The van der Waals surface area contributed by atoms with Crippen LogP contribution in [0.25, 0.3) is 0 Å². The number of nitrogens with two attached hydrogens (primary N) is 1. The van der Waals surface area contributed by atoms with Gasteiger partial charge in [0.05, 0.1) is 6.61 Å². The molecular weight excluding hydrogens is 206 g/mol. The molecule has 1 fully saturated rings. The molecule has 1 heterocycles. The first-order chi connectivity index (χ1) is 5.18. The van der Waals surface area contributed by atoms with Gasteiger partial charge in [-0.2, -0.15) is 0 Å². The van der Waals surface area contributed by atoms with Gasteiger partial charge >= 0.3 is 16.5 Å². The van der Waals surface area contributed by atoms with E-state index >= 15 is 0 Å². The Morgan fingerprint density at radius 2 is 2.00 bits per heavy atom. The third-order valence-electron chi connectivity index (χ3n) is 1.04. The van der Waals surface area contributed by atoms with Gasteiger partial charge in [-0.3, -0.25) is 13.7 Å². The minimum absolute atomic E-state index is 0. The van der Waals surface area contributed by atoms with E-state index in [0.717, 1.165) is 0 Å². The molecule has 1 aliphatic heterocycles. The van der Waals surface area contributed by atoms with E-state index in [9.17, 15) is 9.13 Å². The van der Waals surface area contributed by atoms with Gasteiger partial charge in [-0.1, -0.05) is 0 Å². The second-order valence-corrected chi connectivity index (χ2v) is 4.24. The van der Waals surface area contributed by atoms with Crippen molar-refractivity contribution in [2.24, 2.45) is 5.73 Å². The molecule has 0 aromatic rings. The quantitative estimate of drug-likeness (QED) is 0.572. The van der Waals surface area contributed by atoms with Gasteiger partial charge in [0.25, 0.3) is 0 Å². The molecule has 0 amide bonds. The molecule has 7 nitrogen and oxygen atoms in total. The Labute approximate surface area is 71.0 Å². The maximum Gasteiger partial charge on any atom is 0.327 e. The topological polar surface area (TPSA) is 123 Å². The molecule has 0 spiro atoms. The van der Waals surface area contributed by atoms with Crippen molar-refractivity contribution >= 4 is 16.5 Å². The molecule has 1 rings (SSSR count). The predicted octanol–water partition coefficient (Wildman–Crippen LogP) is 0.666. The van der Waals surface area contributed by atoms with Gasteiger partial charge in [-0.15, -0.1) is 0 Å². The molecule has 1 saturated heterocycles. The summed E-state index contributed by atoms with van der Waals surface area (Å²) in [6.45, 7) is 0.202. The zero-order chi connectivity index (χ0) is 8.27. The molecule has 0 radical (unpaired) electrons. The van der Waals surface area contributed by atoms with E-state index in [-0.39, 0.29) is 12.8 Å². The van der Waals surface area contributed by atoms with E-state index < -0.39 is 22.7 Å². The highest BCUT2D eigenvalue weighted by Gasteiger charge is 2.15. The summed E-state index contributed by atoms with van der Waals surface area (Å²) in [5.41, 5.74) is 5.29. The van der Waals surface area contributed by atoms with Crippen LogP contribution in [-0.4, -0.2) is 12.8 Å². The Hall–Kier alpha value is 0.260. The van der Waals surface area contributed by atoms with Crippen LogP contribution >= 0.6 is 16.5 Å². The fourth-order valence-corrected chi connectivity index (χ4v) is 2.18. The molecule has 0 aromatic carbocycles. The summed E-state index contributed by atoms with van der Waals surface area (Å²) in [5, 5.41) is 0. The first-order valence-corrected chi connectivity index (χ1v) is 5.44. The van der Waals surface area contributed by atoms with Crippen LogP contribution in [0, 0.1) is 0 Å². The summed E-state index contributed by atoms with van der Waals surface area (Å²) in [6.07, 6.45) is -0.285. The van der Waals surface area contributed by atoms with Crippen LogP contribution in [-0.2, 0) is 22.5 Å². The molecule has 1 aliphatic rings. The maximum absolute atomic E-state index is 10.7. The molecule has 9 heteroatoms. The molecule has 74 valence electrons. The first kappa shape index (κ1) is 12.3. The minimum atomic E-state index is -2.72. The van der Waals surface area contributed by atoms with Crippen molar-refractivity contribution in [3.63, 3.8) is 0 Å². The summed E-state index contributed by atoms with van der Waals surface area (Å²) in [4.78, 5) is 0. The smallest absolute Gasteiger partial charge is 0.327 e. The number of rotatable bonds is 0. The lowest BCUT2D eigenvalue weighted by Crippen LogP contribution is -2.23. The Morgan fingerprint density at radius 1 is 1.33 bits per heavy atom. The molecular formula is C3H12N2O5P2. The zero-order valence-corrected chi connectivity index (χ0v) is 8.32. The average Bonchev–Trinajstić information content (AvgIpc) is 1.83. The van der Waals surface area contributed by atoms with Gasteiger partial charge in [-0.25, -0.2) is 4.31 Å². The predicted molar refractivity (Wildman–Crippen MR) is 43.7 cm³/mol. The van der Waals surface area contributed by atoms with Crippen LogP contribution in [0.2, 0.25) is 0 Å². The van der Waals surface area contributed by atoms with Crippen LogP contribution < -0.4 is 11.9 Å². The van der Waals surface area contributed by atoms with Crippen molar-refractivity contribution in [1.29, 1.82) is 0 Å². The van der Waals surface area contributed by atoms with E-state index in [0.29, 0.717) is 6.42 Å². The maximum atomic E-state index is 10.7. The van der Waals surface area contributed by atoms with Crippen molar-refractivity contribution in [3.8, 4) is 0 Å². The van der Waals surface area contributed by atoms with Gasteiger partial charge in [-0.05, 0) is 0 Å². The highest BCUT2D eigenvalue weighted by Crippen LogP contribution is 2.41. The van der Waals surface area contributed by atoms with E-state index in [4.69, 9.17) is 5.73 Å². The molecule has 3 unspecified atom stereocenters. The Bertz CT molecular complexity index is 188. The van der Waals surface area contributed by atoms with Crippen molar-refractivity contribution < 1.29 is 22.5 Å². The second-order valence-electron chi connectivity index (χ2n) is 1.90. The molecule has 0 bridgehead atoms. The van der Waals surface area contributed by atoms with Crippen molar-refractivity contribution in [3.05, 3.63) is 0 Å². The average molecular weight is 218 g/mol. The van der Waals surface area contributed by atoms with Crippen molar-refractivity contribution in [2.45, 2.75) is 12.6 Å². The first-order valence-electron chi connectivity index (χ1n) is 2.99. The van der Waals surface area contributed by atoms with E-state index in [1.165, 1.54) is 0 Å². The fourth-order valence-electron chi connectivity index (χ4n) is 0.562. The van der Waals surface area contributed by atoms with Gasteiger partial charge in [0.15, 0.2) is 0 Å². The Morgan fingerprint density at radius 3 is 2.67 bits per heavy atom. The molecule has 0 aromatic heterocycles. The van der Waals surface area contributed by atoms with Gasteiger partial charge in [0, 0.05) is 6.42 Å². The second kappa shape index (κ2) is 5.83.